The average molecular weight is 460 g/mol. The third-order valence-electron chi connectivity index (χ3n) is 5.66. The normalized spacial score (nSPS) is 11.0. The molecule has 0 aliphatic heterocycles. The number of hydrazone groups is 1. The molecule has 4 aromatic carbocycles. The molecule has 0 radical (unpaired) electrons. The lowest BCUT2D eigenvalue weighted by molar-refractivity contribution is 0.0955. The van der Waals surface area contributed by atoms with E-state index >= 15 is 0 Å². The van der Waals surface area contributed by atoms with E-state index in [1.165, 1.54) is 18.3 Å². The summed E-state index contributed by atoms with van der Waals surface area (Å²) in [6.45, 7) is 0. The van der Waals surface area contributed by atoms with Crippen molar-refractivity contribution in [3.63, 3.8) is 0 Å². The van der Waals surface area contributed by atoms with E-state index in [1.54, 1.807) is 24.3 Å². The van der Waals surface area contributed by atoms with Crippen molar-refractivity contribution in [3.8, 4) is 28.2 Å². The van der Waals surface area contributed by atoms with Crippen LogP contribution in [0.2, 0.25) is 0 Å². The molecule has 1 amide bonds. The van der Waals surface area contributed by atoms with Gasteiger partial charge in [-0.05, 0) is 65.2 Å². The molecule has 0 aliphatic rings. The second-order valence-corrected chi connectivity index (χ2v) is 7.97. The van der Waals surface area contributed by atoms with Crippen LogP contribution in [0.5, 0.6) is 0 Å². The van der Waals surface area contributed by atoms with Crippen LogP contribution in [-0.2, 0) is 0 Å². The first kappa shape index (κ1) is 22.0. The standard InChI is InChI=1S/C30H22FN3O/c31-26-15-11-22(12-16-26)21-32-33-30(35)25-13-17-27(18-14-25)34-28(23-7-3-1-4-8-23)19-20-29(34)24-9-5-2-6-10-24/h1-21H,(H,33,35)/b32-21-. The molecule has 0 atom stereocenters. The molecule has 0 saturated carbocycles. The third kappa shape index (κ3) is 4.94. The number of aromatic nitrogens is 1. The molecule has 0 unspecified atom stereocenters. The van der Waals surface area contributed by atoms with Gasteiger partial charge in [0.1, 0.15) is 5.82 Å². The van der Waals surface area contributed by atoms with E-state index in [0.717, 1.165) is 28.2 Å². The minimum Gasteiger partial charge on any atom is -0.309 e. The van der Waals surface area contributed by atoms with Gasteiger partial charge in [0.15, 0.2) is 0 Å². The quantitative estimate of drug-likeness (QED) is 0.223. The number of halogens is 1. The van der Waals surface area contributed by atoms with Crippen LogP contribution in [0.3, 0.4) is 0 Å². The number of carbonyl (C=O) groups excluding carboxylic acids is 1. The van der Waals surface area contributed by atoms with Gasteiger partial charge in [-0.1, -0.05) is 72.8 Å². The van der Waals surface area contributed by atoms with Gasteiger partial charge in [0.25, 0.3) is 5.91 Å². The van der Waals surface area contributed by atoms with E-state index < -0.39 is 0 Å². The first-order chi connectivity index (χ1) is 17.2. The van der Waals surface area contributed by atoms with E-state index in [4.69, 9.17) is 0 Å². The van der Waals surface area contributed by atoms with Crippen LogP contribution < -0.4 is 5.43 Å². The molecule has 0 spiro atoms. The highest BCUT2D eigenvalue weighted by Gasteiger charge is 2.14. The first-order valence-electron chi connectivity index (χ1n) is 11.2. The van der Waals surface area contributed by atoms with Crippen LogP contribution in [0.25, 0.3) is 28.2 Å². The number of carbonyl (C=O) groups is 1. The number of hydrogen-bond acceptors (Lipinski definition) is 2. The monoisotopic (exact) mass is 459 g/mol. The zero-order chi connectivity index (χ0) is 24.0. The van der Waals surface area contributed by atoms with Gasteiger partial charge in [0, 0.05) is 11.3 Å². The number of nitrogens with zero attached hydrogens (tertiary/aromatic N) is 2. The van der Waals surface area contributed by atoms with Crippen LogP contribution in [0.4, 0.5) is 4.39 Å². The molecule has 4 nitrogen and oxygen atoms in total. The fourth-order valence-electron chi connectivity index (χ4n) is 3.92. The number of hydrogen-bond donors (Lipinski definition) is 1. The van der Waals surface area contributed by atoms with Gasteiger partial charge in [0.2, 0.25) is 0 Å². The Bertz CT molecular complexity index is 1400. The molecule has 1 heterocycles. The number of rotatable bonds is 6. The van der Waals surface area contributed by atoms with E-state index in [1.807, 2.05) is 48.5 Å². The molecule has 5 rings (SSSR count). The van der Waals surface area contributed by atoms with E-state index in [9.17, 15) is 9.18 Å². The van der Waals surface area contributed by atoms with Crippen molar-refractivity contribution in [1.82, 2.24) is 9.99 Å². The zero-order valence-corrected chi connectivity index (χ0v) is 18.8. The lowest BCUT2D eigenvalue weighted by Crippen LogP contribution is -2.17. The first-order valence-corrected chi connectivity index (χ1v) is 11.2. The maximum atomic E-state index is 13.0. The topological polar surface area (TPSA) is 46.4 Å². The van der Waals surface area contributed by atoms with Crippen LogP contribution in [0, 0.1) is 5.82 Å². The highest BCUT2D eigenvalue weighted by Crippen LogP contribution is 2.32. The maximum absolute atomic E-state index is 13.0. The lowest BCUT2D eigenvalue weighted by atomic mass is 10.1. The summed E-state index contributed by atoms with van der Waals surface area (Å²) in [5, 5.41) is 3.98. The Balaban J connectivity index is 1.43. The predicted molar refractivity (Wildman–Crippen MR) is 138 cm³/mol. The Morgan fingerprint density at radius 1 is 0.686 bits per heavy atom. The molecular formula is C30H22FN3O. The lowest BCUT2D eigenvalue weighted by Gasteiger charge is -2.15. The molecule has 0 saturated heterocycles. The maximum Gasteiger partial charge on any atom is 0.271 e. The van der Waals surface area contributed by atoms with Crippen molar-refractivity contribution in [3.05, 3.63) is 138 Å². The molecule has 5 aromatic rings. The van der Waals surface area contributed by atoms with E-state index in [0.29, 0.717) is 11.1 Å². The summed E-state index contributed by atoms with van der Waals surface area (Å²) in [5.74, 6) is -0.645. The van der Waals surface area contributed by atoms with E-state index in [-0.39, 0.29) is 11.7 Å². The summed E-state index contributed by atoms with van der Waals surface area (Å²) < 4.78 is 15.2. The number of amides is 1. The van der Waals surface area contributed by atoms with Gasteiger partial charge in [0.05, 0.1) is 17.6 Å². The van der Waals surface area contributed by atoms with Gasteiger partial charge in [-0.2, -0.15) is 5.10 Å². The smallest absolute Gasteiger partial charge is 0.271 e. The Morgan fingerprint density at radius 2 is 1.23 bits per heavy atom. The van der Waals surface area contributed by atoms with Gasteiger partial charge < -0.3 is 4.57 Å². The molecule has 0 aliphatic carbocycles. The molecule has 35 heavy (non-hydrogen) atoms. The van der Waals surface area contributed by atoms with Crippen molar-refractivity contribution < 1.29 is 9.18 Å². The molecule has 1 N–H and O–H groups in total. The van der Waals surface area contributed by atoms with Crippen LogP contribution in [-0.4, -0.2) is 16.7 Å². The van der Waals surface area contributed by atoms with Crippen LogP contribution in [0.15, 0.2) is 126 Å². The Labute approximate surface area is 203 Å². The highest BCUT2D eigenvalue weighted by molar-refractivity contribution is 5.95. The largest absolute Gasteiger partial charge is 0.309 e. The van der Waals surface area contributed by atoms with Crippen LogP contribution in [0.1, 0.15) is 15.9 Å². The number of nitrogens with one attached hydrogen (secondary N) is 1. The molecule has 5 heteroatoms. The molecule has 0 bridgehead atoms. The molecule has 0 fully saturated rings. The third-order valence-corrected chi connectivity index (χ3v) is 5.66. The van der Waals surface area contributed by atoms with Crippen molar-refractivity contribution in [1.29, 1.82) is 0 Å². The summed E-state index contributed by atoms with van der Waals surface area (Å²) in [6, 6.07) is 37.9. The second-order valence-electron chi connectivity index (χ2n) is 7.97. The van der Waals surface area contributed by atoms with Gasteiger partial charge in [-0.3, -0.25) is 4.79 Å². The summed E-state index contributed by atoms with van der Waals surface area (Å²) >= 11 is 0. The molecule has 1 aromatic heterocycles. The van der Waals surface area contributed by atoms with E-state index in [2.05, 4.69) is 51.5 Å². The van der Waals surface area contributed by atoms with Crippen molar-refractivity contribution in [2.45, 2.75) is 0 Å². The minimum atomic E-state index is -0.325. The average Bonchev–Trinajstić information content (AvgIpc) is 3.36. The SMILES string of the molecule is O=C(N/N=C\c1ccc(F)cc1)c1ccc(-n2c(-c3ccccc3)ccc2-c2ccccc2)cc1. The second kappa shape index (κ2) is 10.0. The van der Waals surface area contributed by atoms with Gasteiger partial charge in [-0.25, -0.2) is 9.82 Å². The molecule has 170 valence electrons. The fraction of sp³-hybridized carbons (Fsp3) is 0. The van der Waals surface area contributed by atoms with Gasteiger partial charge >= 0.3 is 0 Å². The van der Waals surface area contributed by atoms with Gasteiger partial charge in [-0.15, -0.1) is 0 Å². The summed E-state index contributed by atoms with van der Waals surface area (Å²) in [6.07, 6.45) is 1.48. The summed E-state index contributed by atoms with van der Waals surface area (Å²) in [4.78, 5) is 12.6. The Kier molecular flexibility index (Phi) is 6.31. The molecular weight excluding hydrogens is 437 g/mol. The Hall–Kier alpha value is -4.77. The fourth-order valence-corrected chi connectivity index (χ4v) is 3.92. The van der Waals surface area contributed by atoms with Crippen LogP contribution >= 0.6 is 0 Å². The zero-order valence-electron chi connectivity index (χ0n) is 18.8. The Morgan fingerprint density at radius 3 is 1.77 bits per heavy atom. The van der Waals surface area contributed by atoms with Crippen molar-refractivity contribution >= 4 is 12.1 Å². The summed E-state index contributed by atoms with van der Waals surface area (Å²) in [5.41, 5.74) is 8.97. The van der Waals surface area contributed by atoms with Crippen molar-refractivity contribution in [2.75, 3.05) is 0 Å². The van der Waals surface area contributed by atoms with Crippen molar-refractivity contribution in [2.24, 2.45) is 5.10 Å². The number of benzene rings is 4. The predicted octanol–water partition coefficient (Wildman–Crippen LogP) is 6.71. The highest BCUT2D eigenvalue weighted by atomic mass is 19.1. The summed E-state index contributed by atoms with van der Waals surface area (Å²) in [7, 11) is 0. The minimum absolute atomic E-state index is 0.320.